The first kappa shape index (κ1) is 8.07. The third-order valence-corrected chi connectivity index (χ3v) is 2.79. The molecular formula is C7H11N3OS. The Labute approximate surface area is 74.9 Å². The zero-order valence-electron chi connectivity index (χ0n) is 6.91. The second kappa shape index (κ2) is 2.74. The number of hydrogen-bond donors (Lipinski definition) is 1. The summed E-state index contributed by atoms with van der Waals surface area (Å²) in [5.74, 6) is 0.717. The van der Waals surface area contributed by atoms with Gasteiger partial charge in [0.25, 0.3) is 5.22 Å². The fraction of sp³-hybridized carbons (Fsp3) is 0.714. The van der Waals surface area contributed by atoms with Gasteiger partial charge in [0, 0.05) is 6.54 Å². The van der Waals surface area contributed by atoms with E-state index in [1.54, 1.807) is 0 Å². The molecule has 1 fully saturated rings. The van der Waals surface area contributed by atoms with Gasteiger partial charge in [0.05, 0.1) is 5.41 Å². The molecule has 2 N–H and O–H groups in total. The van der Waals surface area contributed by atoms with E-state index in [4.69, 9.17) is 10.2 Å². The van der Waals surface area contributed by atoms with Crippen molar-refractivity contribution in [1.29, 1.82) is 0 Å². The predicted octanol–water partition coefficient (Wildman–Crippen LogP) is 0.782. The molecule has 0 bridgehead atoms. The van der Waals surface area contributed by atoms with Crippen LogP contribution in [0.4, 0.5) is 0 Å². The van der Waals surface area contributed by atoms with E-state index >= 15 is 0 Å². The van der Waals surface area contributed by atoms with E-state index in [2.05, 4.69) is 10.2 Å². The zero-order chi connectivity index (χ0) is 8.60. The molecule has 0 aromatic carbocycles. The summed E-state index contributed by atoms with van der Waals surface area (Å²) in [5.41, 5.74) is 5.65. The van der Waals surface area contributed by atoms with E-state index in [9.17, 15) is 0 Å². The predicted molar refractivity (Wildman–Crippen MR) is 46.0 cm³/mol. The first-order valence-corrected chi connectivity index (χ1v) is 5.11. The standard InChI is InChI=1S/C7H11N3OS/c1-12-6-10-9-5(11-6)7(4-8)2-3-7/h2-4,8H2,1H3. The molecule has 1 aliphatic rings. The van der Waals surface area contributed by atoms with Crippen molar-refractivity contribution in [3.63, 3.8) is 0 Å². The van der Waals surface area contributed by atoms with E-state index in [0.29, 0.717) is 17.7 Å². The summed E-state index contributed by atoms with van der Waals surface area (Å²) in [7, 11) is 0. The van der Waals surface area contributed by atoms with Crippen LogP contribution in [0.25, 0.3) is 0 Å². The minimum absolute atomic E-state index is 0.0288. The van der Waals surface area contributed by atoms with Gasteiger partial charge in [-0.1, -0.05) is 11.8 Å². The highest BCUT2D eigenvalue weighted by Crippen LogP contribution is 2.46. The summed E-state index contributed by atoms with van der Waals surface area (Å²) < 4.78 is 5.41. The average molecular weight is 185 g/mol. The highest BCUT2D eigenvalue weighted by Gasteiger charge is 2.47. The van der Waals surface area contributed by atoms with Gasteiger partial charge in [-0.2, -0.15) is 0 Å². The third kappa shape index (κ3) is 1.13. The van der Waals surface area contributed by atoms with E-state index in [1.807, 2.05) is 6.26 Å². The fourth-order valence-electron chi connectivity index (χ4n) is 1.16. The smallest absolute Gasteiger partial charge is 0.276 e. The van der Waals surface area contributed by atoms with Gasteiger partial charge in [-0.25, -0.2) is 0 Å². The van der Waals surface area contributed by atoms with Crippen LogP contribution in [0, 0.1) is 0 Å². The van der Waals surface area contributed by atoms with Gasteiger partial charge in [0.15, 0.2) is 0 Å². The number of nitrogens with zero attached hydrogens (tertiary/aromatic N) is 2. The lowest BCUT2D eigenvalue weighted by Gasteiger charge is -2.03. The summed E-state index contributed by atoms with van der Waals surface area (Å²) in [6.45, 7) is 0.614. The molecule has 0 atom stereocenters. The molecule has 0 unspecified atom stereocenters. The molecule has 4 nitrogen and oxygen atoms in total. The highest BCUT2D eigenvalue weighted by atomic mass is 32.2. The minimum atomic E-state index is 0.0288. The van der Waals surface area contributed by atoms with Gasteiger partial charge in [-0.3, -0.25) is 0 Å². The first-order valence-electron chi connectivity index (χ1n) is 3.89. The van der Waals surface area contributed by atoms with E-state index in [-0.39, 0.29) is 5.41 Å². The molecule has 0 spiro atoms. The average Bonchev–Trinajstić information content (AvgIpc) is 2.77. The largest absolute Gasteiger partial charge is 0.415 e. The zero-order valence-corrected chi connectivity index (χ0v) is 7.73. The molecule has 0 radical (unpaired) electrons. The van der Waals surface area contributed by atoms with Crippen molar-refractivity contribution in [2.75, 3.05) is 12.8 Å². The lowest BCUT2D eigenvalue weighted by molar-refractivity contribution is 0.378. The van der Waals surface area contributed by atoms with Gasteiger partial charge in [0.1, 0.15) is 0 Å². The van der Waals surface area contributed by atoms with E-state index in [0.717, 1.165) is 12.8 Å². The van der Waals surface area contributed by atoms with Gasteiger partial charge >= 0.3 is 0 Å². The van der Waals surface area contributed by atoms with Crippen LogP contribution in [0.5, 0.6) is 0 Å². The third-order valence-electron chi connectivity index (χ3n) is 2.28. The highest BCUT2D eigenvalue weighted by molar-refractivity contribution is 7.98. The molecule has 12 heavy (non-hydrogen) atoms. The first-order chi connectivity index (χ1) is 5.80. The Balaban J connectivity index is 2.23. The van der Waals surface area contributed by atoms with Crippen molar-refractivity contribution in [2.24, 2.45) is 5.73 Å². The Morgan fingerprint density at radius 1 is 1.58 bits per heavy atom. The van der Waals surface area contributed by atoms with Crippen molar-refractivity contribution in [3.05, 3.63) is 5.89 Å². The van der Waals surface area contributed by atoms with Crippen LogP contribution >= 0.6 is 11.8 Å². The topological polar surface area (TPSA) is 64.9 Å². The molecule has 66 valence electrons. The van der Waals surface area contributed by atoms with Crippen LogP contribution < -0.4 is 5.73 Å². The summed E-state index contributed by atoms with van der Waals surface area (Å²) in [6, 6.07) is 0. The minimum Gasteiger partial charge on any atom is -0.415 e. The van der Waals surface area contributed by atoms with Crippen LogP contribution in [0.3, 0.4) is 0 Å². The quantitative estimate of drug-likeness (QED) is 0.705. The van der Waals surface area contributed by atoms with Crippen LogP contribution in [-0.4, -0.2) is 23.0 Å². The van der Waals surface area contributed by atoms with Gasteiger partial charge in [0.2, 0.25) is 5.89 Å². The molecule has 0 saturated heterocycles. The summed E-state index contributed by atoms with van der Waals surface area (Å²) in [4.78, 5) is 0. The van der Waals surface area contributed by atoms with Crippen LogP contribution in [0.15, 0.2) is 9.64 Å². The molecule has 2 rings (SSSR count). The Morgan fingerprint density at radius 2 is 2.33 bits per heavy atom. The fourth-order valence-corrected chi connectivity index (χ4v) is 1.45. The number of aromatic nitrogens is 2. The second-order valence-corrected chi connectivity index (χ2v) is 3.82. The van der Waals surface area contributed by atoms with Crippen molar-refractivity contribution in [2.45, 2.75) is 23.5 Å². The van der Waals surface area contributed by atoms with Gasteiger partial charge < -0.3 is 10.2 Å². The number of nitrogens with two attached hydrogens (primary N) is 1. The molecule has 5 heteroatoms. The molecule has 1 aliphatic carbocycles. The SMILES string of the molecule is CSc1nnc(C2(CN)CC2)o1. The van der Waals surface area contributed by atoms with Crippen molar-refractivity contribution >= 4 is 11.8 Å². The number of rotatable bonds is 3. The van der Waals surface area contributed by atoms with Crippen LogP contribution in [0.2, 0.25) is 0 Å². The van der Waals surface area contributed by atoms with Crippen LogP contribution in [0.1, 0.15) is 18.7 Å². The van der Waals surface area contributed by atoms with Crippen LogP contribution in [-0.2, 0) is 5.41 Å². The Bertz CT molecular complexity index is 282. The van der Waals surface area contributed by atoms with Gasteiger partial charge in [-0.05, 0) is 19.1 Å². The molecule has 0 aliphatic heterocycles. The number of hydrogen-bond acceptors (Lipinski definition) is 5. The van der Waals surface area contributed by atoms with E-state index < -0.39 is 0 Å². The van der Waals surface area contributed by atoms with Crippen molar-refractivity contribution in [3.8, 4) is 0 Å². The molecule has 1 aromatic rings. The van der Waals surface area contributed by atoms with Crippen molar-refractivity contribution in [1.82, 2.24) is 10.2 Å². The Hall–Kier alpha value is -0.550. The maximum absolute atomic E-state index is 5.62. The monoisotopic (exact) mass is 185 g/mol. The summed E-state index contributed by atoms with van der Waals surface area (Å²) >= 11 is 1.46. The second-order valence-electron chi connectivity index (χ2n) is 3.06. The maximum Gasteiger partial charge on any atom is 0.276 e. The molecule has 1 saturated carbocycles. The van der Waals surface area contributed by atoms with E-state index in [1.165, 1.54) is 11.8 Å². The normalized spacial score (nSPS) is 19.5. The Kier molecular flexibility index (Phi) is 1.84. The van der Waals surface area contributed by atoms with Gasteiger partial charge in [-0.15, -0.1) is 10.2 Å². The van der Waals surface area contributed by atoms with Crippen molar-refractivity contribution < 1.29 is 4.42 Å². The molecule has 1 aromatic heterocycles. The molecule has 0 amide bonds. The lowest BCUT2D eigenvalue weighted by atomic mass is 10.1. The molecular weight excluding hydrogens is 174 g/mol. The number of thioether (sulfide) groups is 1. The lowest BCUT2D eigenvalue weighted by Crippen LogP contribution is -2.19. The maximum atomic E-state index is 5.62. The summed E-state index contributed by atoms with van der Waals surface area (Å²) in [6.07, 6.45) is 4.08. The summed E-state index contributed by atoms with van der Waals surface area (Å²) in [5, 5.41) is 8.48. The molecule has 1 heterocycles. The Morgan fingerprint density at radius 3 is 2.75 bits per heavy atom.